The lowest BCUT2D eigenvalue weighted by Gasteiger charge is -2.20. The van der Waals surface area contributed by atoms with Gasteiger partial charge in [-0.25, -0.2) is 0 Å². The van der Waals surface area contributed by atoms with E-state index >= 15 is 0 Å². The van der Waals surface area contributed by atoms with Crippen LogP contribution in [-0.2, 0) is 9.53 Å². The number of hydrogen-bond donors (Lipinski definition) is 0. The van der Waals surface area contributed by atoms with E-state index in [1.165, 1.54) is 7.11 Å². The molecule has 19 heavy (non-hydrogen) atoms. The van der Waals surface area contributed by atoms with E-state index in [1.807, 2.05) is 6.92 Å². The first-order chi connectivity index (χ1) is 8.99. The molecule has 6 heteroatoms. The van der Waals surface area contributed by atoms with Gasteiger partial charge in [0, 0.05) is 22.2 Å². The van der Waals surface area contributed by atoms with E-state index in [0.717, 1.165) is 3.57 Å². The molecule has 1 aromatic carbocycles. The molecule has 4 nitrogen and oxygen atoms in total. The molecule has 0 aliphatic carbocycles. The number of ether oxygens (including phenoxy) is 1. The summed E-state index contributed by atoms with van der Waals surface area (Å²) in [7, 11) is 1.33. The van der Waals surface area contributed by atoms with Gasteiger partial charge in [-0.05, 0) is 47.7 Å². The van der Waals surface area contributed by atoms with Crippen molar-refractivity contribution in [1.82, 2.24) is 4.90 Å². The maximum absolute atomic E-state index is 12.3. The highest BCUT2D eigenvalue weighted by atomic mass is 127. The van der Waals surface area contributed by atoms with Crippen LogP contribution in [0.25, 0.3) is 0 Å². The molecule has 0 fully saturated rings. The standard InChI is InChI=1S/C13H15ClINO3/c1-3-16(7-6-12(17)19-2)13(18)9-4-5-11(15)10(14)8-9/h4-5,8H,3,6-7H2,1-2H3. The van der Waals surface area contributed by atoms with Gasteiger partial charge in [-0.2, -0.15) is 0 Å². The highest BCUT2D eigenvalue weighted by Crippen LogP contribution is 2.20. The molecule has 1 amide bonds. The Labute approximate surface area is 131 Å². The lowest BCUT2D eigenvalue weighted by atomic mass is 10.2. The first kappa shape index (κ1) is 16.2. The van der Waals surface area contributed by atoms with Crippen molar-refractivity contribution in [3.63, 3.8) is 0 Å². The number of halogens is 2. The number of methoxy groups -OCH3 is 1. The number of esters is 1. The number of hydrogen-bond acceptors (Lipinski definition) is 3. The van der Waals surface area contributed by atoms with Crippen LogP contribution < -0.4 is 0 Å². The highest BCUT2D eigenvalue weighted by Gasteiger charge is 2.16. The topological polar surface area (TPSA) is 46.6 Å². The summed E-state index contributed by atoms with van der Waals surface area (Å²) >= 11 is 8.11. The van der Waals surface area contributed by atoms with E-state index in [-0.39, 0.29) is 18.3 Å². The molecular weight excluding hydrogens is 381 g/mol. The first-order valence-electron chi connectivity index (χ1n) is 5.80. The highest BCUT2D eigenvalue weighted by molar-refractivity contribution is 14.1. The van der Waals surface area contributed by atoms with Crippen LogP contribution in [0.3, 0.4) is 0 Å². The second-order valence-corrected chi connectivity index (χ2v) is 5.41. The fourth-order valence-corrected chi connectivity index (χ4v) is 2.06. The molecule has 0 bridgehead atoms. The third-order valence-electron chi connectivity index (χ3n) is 2.65. The Bertz CT molecular complexity index is 479. The van der Waals surface area contributed by atoms with Crippen molar-refractivity contribution in [2.24, 2.45) is 0 Å². The second kappa shape index (κ2) is 7.69. The molecule has 0 atom stereocenters. The molecule has 0 spiro atoms. The van der Waals surface area contributed by atoms with Crippen molar-refractivity contribution in [2.45, 2.75) is 13.3 Å². The summed E-state index contributed by atoms with van der Waals surface area (Å²) < 4.78 is 5.46. The van der Waals surface area contributed by atoms with Gasteiger partial charge < -0.3 is 9.64 Å². The minimum atomic E-state index is -0.327. The molecule has 0 N–H and O–H groups in total. The zero-order valence-electron chi connectivity index (χ0n) is 10.8. The van der Waals surface area contributed by atoms with Crippen molar-refractivity contribution in [2.75, 3.05) is 20.2 Å². The molecule has 0 saturated carbocycles. The van der Waals surface area contributed by atoms with Gasteiger partial charge in [0.2, 0.25) is 0 Å². The van der Waals surface area contributed by atoms with Gasteiger partial charge in [0.15, 0.2) is 0 Å². The van der Waals surface area contributed by atoms with Gasteiger partial charge in [0.05, 0.1) is 18.6 Å². The summed E-state index contributed by atoms with van der Waals surface area (Å²) in [5.74, 6) is -0.461. The van der Waals surface area contributed by atoms with Gasteiger partial charge in [-0.1, -0.05) is 11.6 Å². The monoisotopic (exact) mass is 395 g/mol. The van der Waals surface area contributed by atoms with E-state index in [1.54, 1.807) is 23.1 Å². The molecule has 0 aromatic heterocycles. The Morgan fingerprint density at radius 3 is 2.63 bits per heavy atom. The Morgan fingerprint density at radius 1 is 1.42 bits per heavy atom. The molecule has 0 saturated heterocycles. The number of amides is 1. The summed E-state index contributed by atoms with van der Waals surface area (Å²) in [5, 5.41) is 0.551. The van der Waals surface area contributed by atoms with Gasteiger partial charge in [0.1, 0.15) is 0 Å². The number of carbonyl (C=O) groups excluding carboxylic acids is 2. The lowest BCUT2D eigenvalue weighted by Crippen LogP contribution is -2.33. The molecule has 0 unspecified atom stereocenters. The summed E-state index contributed by atoms with van der Waals surface area (Å²) in [4.78, 5) is 25.0. The van der Waals surface area contributed by atoms with Crippen LogP contribution in [0.4, 0.5) is 0 Å². The van der Waals surface area contributed by atoms with E-state index in [4.69, 9.17) is 11.6 Å². The summed E-state index contributed by atoms with van der Waals surface area (Å²) in [6.45, 7) is 2.73. The Morgan fingerprint density at radius 2 is 2.11 bits per heavy atom. The molecule has 104 valence electrons. The third-order valence-corrected chi connectivity index (χ3v) is 4.22. The molecule has 0 aliphatic heterocycles. The number of rotatable bonds is 5. The Kier molecular flexibility index (Phi) is 6.57. The van der Waals surface area contributed by atoms with Crippen molar-refractivity contribution in [3.05, 3.63) is 32.4 Å². The second-order valence-electron chi connectivity index (χ2n) is 3.84. The van der Waals surface area contributed by atoms with Crippen molar-refractivity contribution in [1.29, 1.82) is 0 Å². The van der Waals surface area contributed by atoms with Crippen molar-refractivity contribution < 1.29 is 14.3 Å². The number of nitrogens with zero attached hydrogens (tertiary/aromatic N) is 1. The summed E-state index contributed by atoms with van der Waals surface area (Å²) in [6.07, 6.45) is 0.189. The fraction of sp³-hybridized carbons (Fsp3) is 0.385. The maximum Gasteiger partial charge on any atom is 0.307 e. The first-order valence-corrected chi connectivity index (χ1v) is 7.26. The molecule has 1 rings (SSSR count). The van der Waals surface area contributed by atoms with Gasteiger partial charge in [0.25, 0.3) is 5.91 Å². The third kappa shape index (κ3) is 4.65. The van der Waals surface area contributed by atoms with E-state index in [9.17, 15) is 9.59 Å². The molecule has 1 aromatic rings. The maximum atomic E-state index is 12.3. The Balaban J connectivity index is 2.77. The number of carbonyl (C=O) groups is 2. The van der Waals surface area contributed by atoms with E-state index in [2.05, 4.69) is 27.3 Å². The predicted octanol–water partition coefficient (Wildman–Crippen LogP) is 2.97. The predicted molar refractivity (Wildman–Crippen MR) is 82.4 cm³/mol. The molecule has 0 aliphatic rings. The van der Waals surface area contributed by atoms with E-state index < -0.39 is 0 Å². The number of benzene rings is 1. The summed E-state index contributed by atoms with van der Waals surface area (Å²) in [5.41, 5.74) is 0.525. The fourth-order valence-electron chi connectivity index (χ4n) is 1.54. The zero-order chi connectivity index (χ0) is 14.4. The Hall–Kier alpha value is -0.820. The zero-order valence-corrected chi connectivity index (χ0v) is 13.7. The molecular formula is C13H15ClINO3. The average Bonchev–Trinajstić information content (AvgIpc) is 2.41. The van der Waals surface area contributed by atoms with Crippen LogP contribution >= 0.6 is 34.2 Å². The van der Waals surface area contributed by atoms with Crippen LogP contribution in [0.15, 0.2) is 18.2 Å². The molecule has 0 heterocycles. The quantitative estimate of drug-likeness (QED) is 0.569. The van der Waals surface area contributed by atoms with Crippen LogP contribution in [0.5, 0.6) is 0 Å². The van der Waals surface area contributed by atoms with Gasteiger partial charge in [-0.3, -0.25) is 9.59 Å². The van der Waals surface area contributed by atoms with Crippen molar-refractivity contribution >= 4 is 46.1 Å². The summed E-state index contributed by atoms with van der Waals surface area (Å²) in [6, 6.07) is 5.17. The van der Waals surface area contributed by atoms with Crippen LogP contribution in [0.1, 0.15) is 23.7 Å². The minimum Gasteiger partial charge on any atom is -0.469 e. The largest absolute Gasteiger partial charge is 0.469 e. The van der Waals surface area contributed by atoms with E-state index in [0.29, 0.717) is 23.7 Å². The average molecular weight is 396 g/mol. The smallest absolute Gasteiger partial charge is 0.307 e. The van der Waals surface area contributed by atoms with Gasteiger partial charge in [-0.15, -0.1) is 0 Å². The van der Waals surface area contributed by atoms with Crippen LogP contribution in [0.2, 0.25) is 5.02 Å². The minimum absolute atomic E-state index is 0.135. The molecule has 0 radical (unpaired) electrons. The van der Waals surface area contributed by atoms with Crippen LogP contribution in [0, 0.1) is 3.57 Å². The van der Waals surface area contributed by atoms with Crippen molar-refractivity contribution in [3.8, 4) is 0 Å². The normalized spacial score (nSPS) is 10.1. The SMILES string of the molecule is CCN(CCC(=O)OC)C(=O)c1ccc(I)c(Cl)c1. The van der Waals surface area contributed by atoms with Crippen LogP contribution in [-0.4, -0.2) is 37.0 Å². The van der Waals surface area contributed by atoms with Gasteiger partial charge >= 0.3 is 5.97 Å². The lowest BCUT2D eigenvalue weighted by molar-refractivity contribution is -0.140.